The van der Waals surface area contributed by atoms with E-state index in [0.717, 1.165) is 59.3 Å². The minimum atomic E-state index is -0.888. The maximum Gasteiger partial charge on any atom is 0.162 e. The summed E-state index contributed by atoms with van der Waals surface area (Å²) in [5.74, 6) is 7.67. The van der Waals surface area contributed by atoms with Gasteiger partial charge in [0, 0.05) is 35.9 Å². The summed E-state index contributed by atoms with van der Waals surface area (Å²) >= 11 is 1.56. The lowest BCUT2D eigenvalue weighted by Gasteiger charge is -2.14. The first-order valence-electron chi connectivity index (χ1n) is 11.6. The quantitative estimate of drug-likeness (QED) is 0.362. The van der Waals surface area contributed by atoms with Gasteiger partial charge in [-0.3, -0.25) is 4.98 Å². The molecule has 5 rings (SSSR count). The predicted molar refractivity (Wildman–Crippen MR) is 138 cm³/mol. The number of hydrogen-bond acceptors (Lipinski definition) is 7. The van der Waals surface area contributed by atoms with Crippen LogP contribution in [0.25, 0.3) is 21.6 Å². The first kappa shape index (κ1) is 22.5. The van der Waals surface area contributed by atoms with Gasteiger partial charge in [-0.2, -0.15) is 0 Å². The molecule has 0 bridgehead atoms. The van der Waals surface area contributed by atoms with Crippen LogP contribution < -0.4 is 11.1 Å². The van der Waals surface area contributed by atoms with Gasteiger partial charge in [-0.15, -0.1) is 11.3 Å². The monoisotopic (exact) mass is 469 g/mol. The van der Waals surface area contributed by atoms with Crippen molar-refractivity contribution in [3.8, 4) is 23.2 Å². The third kappa shape index (κ3) is 5.10. The third-order valence-corrected chi connectivity index (χ3v) is 7.06. The molecule has 0 aliphatic heterocycles. The van der Waals surface area contributed by atoms with Crippen molar-refractivity contribution < 1.29 is 5.11 Å². The smallest absolute Gasteiger partial charge is 0.162 e. The number of aliphatic hydroxyl groups is 1. The van der Waals surface area contributed by atoms with E-state index in [1.165, 1.54) is 5.56 Å². The average molecular weight is 470 g/mol. The number of hydrogen-bond donors (Lipinski definition) is 3. The van der Waals surface area contributed by atoms with Crippen LogP contribution in [0, 0.1) is 11.8 Å². The van der Waals surface area contributed by atoms with E-state index in [2.05, 4.69) is 34.3 Å². The summed E-state index contributed by atoms with van der Waals surface area (Å²) in [4.78, 5) is 13.8. The molecular weight excluding hydrogens is 442 g/mol. The predicted octanol–water partition coefficient (Wildman–Crippen LogP) is 4.39. The van der Waals surface area contributed by atoms with Crippen molar-refractivity contribution >= 4 is 27.4 Å². The van der Waals surface area contributed by atoms with E-state index in [0.29, 0.717) is 12.4 Å². The molecule has 1 atom stereocenters. The number of nitrogens with one attached hydrogen (secondary N) is 1. The van der Waals surface area contributed by atoms with Crippen LogP contribution in [-0.2, 0) is 6.42 Å². The van der Waals surface area contributed by atoms with Gasteiger partial charge in [-0.1, -0.05) is 42.2 Å². The zero-order valence-electron chi connectivity index (χ0n) is 18.9. The molecule has 1 aliphatic carbocycles. The lowest BCUT2D eigenvalue weighted by atomic mass is 10.0. The molecule has 1 aliphatic rings. The molecule has 34 heavy (non-hydrogen) atoms. The Labute approximate surface area is 203 Å². The Hall–Kier alpha value is -3.31. The molecule has 4 aromatic rings. The zero-order chi connectivity index (χ0) is 23.4. The lowest BCUT2D eigenvalue weighted by Crippen LogP contribution is -2.31. The lowest BCUT2D eigenvalue weighted by molar-refractivity contribution is 0.110. The van der Waals surface area contributed by atoms with Crippen LogP contribution in [0.15, 0.2) is 60.2 Å². The molecule has 1 fully saturated rings. The van der Waals surface area contributed by atoms with Crippen LogP contribution in [0.3, 0.4) is 0 Å². The second kappa shape index (κ2) is 9.90. The number of thiophene rings is 1. The summed E-state index contributed by atoms with van der Waals surface area (Å²) < 4.78 is 0.937. The molecule has 1 saturated carbocycles. The molecule has 0 saturated heterocycles. The van der Waals surface area contributed by atoms with E-state index < -0.39 is 5.60 Å². The molecule has 3 heterocycles. The summed E-state index contributed by atoms with van der Waals surface area (Å²) in [6, 6.07) is 14.0. The number of nitrogens with zero attached hydrogens (tertiary/aromatic N) is 3. The second-order valence-corrected chi connectivity index (χ2v) is 9.66. The molecular formula is C27H27N5OS. The van der Waals surface area contributed by atoms with Crippen LogP contribution in [0.5, 0.6) is 0 Å². The van der Waals surface area contributed by atoms with Gasteiger partial charge in [-0.05, 0) is 49.8 Å². The Balaban J connectivity index is 1.46. The molecule has 1 aromatic carbocycles. The third-order valence-electron chi connectivity index (χ3n) is 6.09. The van der Waals surface area contributed by atoms with Gasteiger partial charge in [0.25, 0.3) is 0 Å². The van der Waals surface area contributed by atoms with E-state index >= 15 is 0 Å². The highest BCUT2D eigenvalue weighted by atomic mass is 32.1. The van der Waals surface area contributed by atoms with Crippen molar-refractivity contribution in [1.82, 2.24) is 15.0 Å². The molecule has 6 nitrogen and oxygen atoms in total. The van der Waals surface area contributed by atoms with Crippen molar-refractivity contribution in [2.45, 2.75) is 43.7 Å². The summed E-state index contributed by atoms with van der Waals surface area (Å²) in [6.07, 6.45) is 7.73. The van der Waals surface area contributed by atoms with Gasteiger partial charge in [0.05, 0.1) is 10.3 Å². The van der Waals surface area contributed by atoms with Crippen molar-refractivity contribution in [2.75, 3.05) is 11.9 Å². The number of nitrogens with two attached hydrogens (primary N) is 1. The number of fused-ring (bicyclic) bond motifs is 1. The Morgan fingerprint density at radius 3 is 2.62 bits per heavy atom. The largest absolute Gasteiger partial charge is 0.378 e. The van der Waals surface area contributed by atoms with Crippen LogP contribution in [0.1, 0.15) is 36.8 Å². The van der Waals surface area contributed by atoms with Gasteiger partial charge in [0.2, 0.25) is 0 Å². The first-order valence-corrected chi connectivity index (χ1v) is 12.5. The Bertz CT molecular complexity index is 1320. The molecule has 7 heteroatoms. The molecule has 172 valence electrons. The van der Waals surface area contributed by atoms with Gasteiger partial charge < -0.3 is 16.2 Å². The van der Waals surface area contributed by atoms with Crippen LogP contribution in [0.4, 0.5) is 5.82 Å². The van der Waals surface area contributed by atoms with E-state index in [4.69, 9.17) is 15.7 Å². The summed E-state index contributed by atoms with van der Waals surface area (Å²) in [6.45, 7) is 0.579. The van der Waals surface area contributed by atoms with Crippen LogP contribution in [0.2, 0.25) is 0 Å². The SMILES string of the molecule is N[C@@H](CNc1nc(-c2ccncc2)nc2c(C#CC3(O)CCCC3)csc12)Cc1ccccc1. The molecule has 0 unspecified atom stereocenters. The average Bonchev–Trinajstić information content (AvgIpc) is 3.49. The fraction of sp³-hybridized carbons (Fsp3) is 0.296. The van der Waals surface area contributed by atoms with Crippen molar-refractivity contribution in [2.24, 2.45) is 5.73 Å². The second-order valence-electron chi connectivity index (χ2n) is 8.78. The van der Waals surface area contributed by atoms with Crippen LogP contribution >= 0.6 is 11.3 Å². The number of pyridine rings is 1. The normalized spacial score (nSPS) is 15.6. The number of anilines is 1. The van der Waals surface area contributed by atoms with Gasteiger partial charge in [0.1, 0.15) is 16.9 Å². The Kier molecular flexibility index (Phi) is 6.54. The summed E-state index contributed by atoms with van der Waals surface area (Å²) in [5.41, 5.74) is 9.23. The summed E-state index contributed by atoms with van der Waals surface area (Å²) in [5, 5.41) is 16.1. The zero-order valence-corrected chi connectivity index (χ0v) is 19.7. The van der Waals surface area contributed by atoms with Crippen molar-refractivity contribution in [1.29, 1.82) is 0 Å². The van der Waals surface area contributed by atoms with E-state index in [-0.39, 0.29) is 6.04 Å². The van der Waals surface area contributed by atoms with Gasteiger partial charge >= 0.3 is 0 Å². The highest BCUT2D eigenvalue weighted by molar-refractivity contribution is 7.18. The summed E-state index contributed by atoms with van der Waals surface area (Å²) in [7, 11) is 0. The van der Waals surface area contributed by atoms with Crippen LogP contribution in [-0.4, -0.2) is 38.2 Å². The number of benzene rings is 1. The molecule has 0 radical (unpaired) electrons. The van der Waals surface area contributed by atoms with Crippen molar-refractivity contribution in [3.05, 3.63) is 71.4 Å². The minimum absolute atomic E-state index is 0.0624. The number of rotatable bonds is 6. The van der Waals surface area contributed by atoms with E-state index in [9.17, 15) is 5.11 Å². The van der Waals surface area contributed by atoms with E-state index in [1.807, 2.05) is 35.7 Å². The van der Waals surface area contributed by atoms with E-state index in [1.54, 1.807) is 23.7 Å². The Morgan fingerprint density at radius 1 is 1.09 bits per heavy atom. The van der Waals surface area contributed by atoms with Crippen molar-refractivity contribution in [3.63, 3.8) is 0 Å². The maximum absolute atomic E-state index is 10.7. The topological polar surface area (TPSA) is 97.0 Å². The fourth-order valence-corrected chi connectivity index (χ4v) is 5.15. The van der Waals surface area contributed by atoms with Gasteiger partial charge in [0.15, 0.2) is 5.82 Å². The molecule has 0 amide bonds. The number of aromatic nitrogens is 3. The molecule has 3 aromatic heterocycles. The fourth-order valence-electron chi connectivity index (χ4n) is 4.24. The molecule has 4 N–H and O–H groups in total. The standard InChI is InChI=1S/C27H27N5OS/c28-22(16-19-6-2-1-3-7-19)17-30-26-24-23(31-25(32-26)20-9-14-29-15-10-20)21(18-34-24)8-13-27(33)11-4-5-12-27/h1-3,6-7,9-10,14-15,18,22,33H,4-5,11-12,16-17,28H2,(H,30,31,32)/t22-/m1/s1. The maximum atomic E-state index is 10.7. The minimum Gasteiger partial charge on any atom is -0.378 e. The molecule has 0 spiro atoms. The first-order chi connectivity index (χ1) is 16.6. The highest BCUT2D eigenvalue weighted by Gasteiger charge is 2.28. The Morgan fingerprint density at radius 2 is 1.85 bits per heavy atom. The van der Waals surface area contributed by atoms with Gasteiger partial charge in [-0.25, -0.2) is 9.97 Å². The highest BCUT2D eigenvalue weighted by Crippen LogP contribution is 2.33.